The number of nitrogens with zero attached hydrogens (tertiary/aromatic N) is 4. The quantitative estimate of drug-likeness (QED) is 0.571. The Bertz CT molecular complexity index is 1030. The molecular weight excluding hydrogens is 454 g/mol. The third-order valence-corrected chi connectivity index (χ3v) is 8.95. The van der Waals surface area contributed by atoms with Gasteiger partial charge in [0, 0.05) is 31.6 Å². The zero-order chi connectivity index (χ0) is 25.2. The predicted octanol–water partition coefficient (Wildman–Crippen LogP) is 3.99. The van der Waals surface area contributed by atoms with E-state index in [0.717, 1.165) is 32.2 Å². The highest BCUT2D eigenvalue weighted by Crippen LogP contribution is 2.49. The second kappa shape index (κ2) is 10.2. The molecule has 0 radical (unpaired) electrons. The minimum absolute atomic E-state index is 0.00822. The lowest BCUT2D eigenvalue weighted by molar-refractivity contribution is -0.121. The van der Waals surface area contributed by atoms with Gasteiger partial charge < -0.3 is 19.5 Å². The third kappa shape index (κ3) is 4.75. The van der Waals surface area contributed by atoms with Gasteiger partial charge in [-0.25, -0.2) is 9.78 Å². The van der Waals surface area contributed by atoms with Gasteiger partial charge >= 0.3 is 6.03 Å². The van der Waals surface area contributed by atoms with Crippen molar-refractivity contribution in [1.82, 2.24) is 25.0 Å². The Kier molecular flexibility index (Phi) is 7.06. The zero-order valence-electron chi connectivity index (χ0n) is 21.6. The molecule has 8 nitrogen and oxygen atoms in total. The van der Waals surface area contributed by atoms with Crippen molar-refractivity contribution >= 4 is 11.9 Å². The summed E-state index contributed by atoms with van der Waals surface area (Å²) >= 11 is 0. The summed E-state index contributed by atoms with van der Waals surface area (Å²) in [6.45, 7) is 2.33. The predicted molar refractivity (Wildman–Crippen MR) is 137 cm³/mol. The van der Waals surface area contributed by atoms with Gasteiger partial charge in [0.2, 0.25) is 5.91 Å². The number of carbonyl (C=O) groups excluding carboxylic acids is 2. The molecule has 1 aliphatic heterocycles. The molecule has 1 saturated heterocycles. The topological polar surface area (TPSA) is 81.9 Å². The van der Waals surface area contributed by atoms with E-state index in [1.807, 2.05) is 4.90 Å². The van der Waals surface area contributed by atoms with Gasteiger partial charge in [-0.3, -0.25) is 9.69 Å². The molecule has 2 saturated carbocycles. The Labute approximate surface area is 214 Å². The van der Waals surface area contributed by atoms with Crippen LogP contribution in [0, 0.1) is 5.92 Å². The van der Waals surface area contributed by atoms with Crippen LogP contribution in [0.1, 0.15) is 62.7 Å². The van der Waals surface area contributed by atoms with Crippen LogP contribution in [0.2, 0.25) is 0 Å². The fraction of sp³-hybridized carbons (Fsp3) is 0.607. The van der Waals surface area contributed by atoms with Gasteiger partial charge in [0.1, 0.15) is 5.76 Å². The number of hydrogen-bond acceptors (Lipinski definition) is 5. The van der Waals surface area contributed by atoms with Crippen molar-refractivity contribution < 1.29 is 14.0 Å². The second-order valence-corrected chi connectivity index (χ2v) is 11.1. The molecule has 2 heterocycles. The van der Waals surface area contributed by atoms with Gasteiger partial charge in [0.05, 0.1) is 18.3 Å². The molecule has 0 atom stereocenters. The number of oxazole rings is 1. The molecule has 5 rings (SSSR count). The van der Waals surface area contributed by atoms with Gasteiger partial charge in [-0.15, -0.1) is 0 Å². The summed E-state index contributed by atoms with van der Waals surface area (Å²) in [5.41, 5.74) is 1.21. The molecule has 3 amide bonds. The molecule has 1 N–H and O–H groups in total. The molecule has 0 bridgehead atoms. The maximum absolute atomic E-state index is 13.7. The van der Waals surface area contributed by atoms with Gasteiger partial charge in [0.15, 0.2) is 6.39 Å². The molecule has 3 aliphatic rings. The zero-order valence-corrected chi connectivity index (χ0v) is 21.6. The van der Waals surface area contributed by atoms with Crippen LogP contribution in [0.3, 0.4) is 0 Å². The molecule has 3 fully saturated rings. The first-order valence-corrected chi connectivity index (χ1v) is 13.4. The summed E-state index contributed by atoms with van der Waals surface area (Å²) in [6.07, 6.45) is 10.9. The average molecular weight is 494 g/mol. The lowest BCUT2D eigenvalue weighted by atomic mass is 9.68. The van der Waals surface area contributed by atoms with E-state index in [1.54, 1.807) is 6.20 Å². The minimum atomic E-state index is -0.142. The number of benzene rings is 1. The molecule has 1 spiro atoms. The van der Waals surface area contributed by atoms with Crippen molar-refractivity contribution in [2.75, 3.05) is 33.7 Å². The molecule has 0 unspecified atom stereocenters. The number of hydrogen-bond donors (Lipinski definition) is 1. The van der Waals surface area contributed by atoms with Crippen LogP contribution in [-0.2, 0) is 16.9 Å². The highest BCUT2D eigenvalue weighted by atomic mass is 16.3. The van der Waals surface area contributed by atoms with Gasteiger partial charge in [0.25, 0.3) is 0 Å². The normalized spacial score (nSPS) is 26.6. The monoisotopic (exact) mass is 493 g/mol. The highest BCUT2D eigenvalue weighted by molar-refractivity contribution is 5.80. The van der Waals surface area contributed by atoms with Crippen LogP contribution < -0.4 is 5.32 Å². The summed E-state index contributed by atoms with van der Waals surface area (Å²) in [6, 6.07) is 10.9. The van der Waals surface area contributed by atoms with Crippen LogP contribution in [0.15, 0.2) is 47.3 Å². The maximum atomic E-state index is 13.7. The SMILES string of the molecule is CN(C)C1(c2ccccc2)CCC2(CC1)CN(CCC(=O)NCc1cnco1)C(=O)N2CC1CCC1. The molecule has 36 heavy (non-hydrogen) atoms. The largest absolute Gasteiger partial charge is 0.447 e. The Morgan fingerprint density at radius 2 is 1.92 bits per heavy atom. The van der Waals surface area contributed by atoms with Crippen LogP contribution in [0.25, 0.3) is 0 Å². The number of urea groups is 1. The van der Waals surface area contributed by atoms with Crippen molar-refractivity contribution in [2.45, 2.75) is 69.0 Å². The molecular formula is C28H39N5O3. The lowest BCUT2D eigenvalue weighted by Crippen LogP contribution is -2.56. The Hall–Kier alpha value is -2.87. The standard InChI is InChI=1S/C28H39N5O3/c1-31(2)28(23-9-4-3-5-10-23)14-12-27(13-15-28)20-32(26(35)33(27)19-22-7-6-8-22)16-11-25(34)30-18-24-17-29-21-36-24/h3-5,9-10,17,21-22H,6-8,11-16,18-20H2,1-2H3,(H,30,34). The highest BCUT2D eigenvalue weighted by Gasteiger charge is 2.54. The fourth-order valence-corrected chi connectivity index (χ4v) is 6.40. The van der Waals surface area contributed by atoms with Crippen LogP contribution in [0.4, 0.5) is 4.79 Å². The number of carbonyl (C=O) groups is 2. The second-order valence-electron chi connectivity index (χ2n) is 11.1. The maximum Gasteiger partial charge on any atom is 0.320 e. The van der Waals surface area contributed by atoms with Crippen LogP contribution in [-0.4, -0.2) is 70.9 Å². The first kappa shape index (κ1) is 24.8. The van der Waals surface area contributed by atoms with E-state index in [1.165, 1.54) is 31.2 Å². The number of amides is 3. The smallest absolute Gasteiger partial charge is 0.320 e. The summed E-state index contributed by atoms with van der Waals surface area (Å²) in [7, 11) is 4.36. The van der Waals surface area contributed by atoms with E-state index in [2.05, 4.69) is 64.5 Å². The average Bonchev–Trinajstić information content (AvgIpc) is 3.47. The molecule has 1 aromatic heterocycles. The third-order valence-electron chi connectivity index (χ3n) is 8.95. The summed E-state index contributed by atoms with van der Waals surface area (Å²) in [5, 5.41) is 2.87. The van der Waals surface area contributed by atoms with Crippen molar-refractivity contribution in [3.05, 3.63) is 54.2 Å². The molecule has 8 heteroatoms. The summed E-state index contributed by atoms with van der Waals surface area (Å²) in [5.74, 6) is 1.16. The molecule has 2 aromatic rings. The van der Waals surface area contributed by atoms with E-state index >= 15 is 0 Å². The van der Waals surface area contributed by atoms with E-state index in [9.17, 15) is 9.59 Å². The number of aromatic nitrogens is 1. The first-order valence-electron chi connectivity index (χ1n) is 13.4. The van der Waals surface area contributed by atoms with Crippen molar-refractivity contribution in [3.8, 4) is 0 Å². The molecule has 1 aromatic carbocycles. The van der Waals surface area contributed by atoms with E-state index in [0.29, 0.717) is 37.7 Å². The van der Waals surface area contributed by atoms with Gasteiger partial charge in [-0.1, -0.05) is 36.8 Å². The van der Waals surface area contributed by atoms with E-state index in [-0.39, 0.29) is 23.0 Å². The Balaban J connectivity index is 1.27. The van der Waals surface area contributed by atoms with Crippen LogP contribution in [0.5, 0.6) is 0 Å². The van der Waals surface area contributed by atoms with Crippen molar-refractivity contribution in [1.29, 1.82) is 0 Å². The Morgan fingerprint density at radius 1 is 1.17 bits per heavy atom. The molecule has 194 valence electrons. The van der Waals surface area contributed by atoms with Gasteiger partial charge in [-0.2, -0.15) is 0 Å². The van der Waals surface area contributed by atoms with E-state index in [4.69, 9.17) is 4.42 Å². The van der Waals surface area contributed by atoms with Crippen molar-refractivity contribution in [3.63, 3.8) is 0 Å². The van der Waals surface area contributed by atoms with E-state index < -0.39 is 0 Å². The minimum Gasteiger partial charge on any atom is -0.447 e. The Morgan fingerprint density at radius 3 is 2.53 bits per heavy atom. The van der Waals surface area contributed by atoms with Crippen molar-refractivity contribution in [2.24, 2.45) is 5.92 Å². The molecule has 2 aliphatic carbocycles. The lowest BCUT2D eigenvalue weighted by Gasteiger charge is -2.51. The van der Waals surface area contributed by atoms with Crippen LogP contribution >= 0.6 is 0 Å². The summed E-state index contributed by atoms with van der Waals surface area (Å²) < 4.78 is 5.19. The number of nitrogens with one attached hydrogen (secondary N) is 1. The first-order chi connectivity index (χ1) is 17.4. The summed E-state index contributed by atoms with van der Waals surface area (Å²) in [4.78, 5) is 36.5. The van der Waals surface area contributed by atoms with Gasteiger partial charge in [-0.05, 0) is 64.1 Å². The fourth-order valence-electron chi connectivity index (χ4n) is 6.40. The number of rotatable bonds is 9.